The summed E-state index contributed by atoms with van der Waals surface area (Å²) >= 11 is 7.52. The van der Waals surface area contributed by atoms with Crippen LogP contribution in [0.2, 0.25) is 5.02 Å². The van der Waals surface area contributed by atoms with Gasteiger partial charge in [0.15, 0.2) is 11.0 Å². The van der Waals surface area contributed by atoms with E-state index >= 15 is 0 Å². The van der Waals surface area contributed by atoms with Crippen LogP contribution < -0.4 is 4.74 Å². The van der Waals surface area contributed by atoms with Gasteiger partial charge in [0.25, 0.3) is 0 Å². The van der Waals surface area contributed by atoms with Crippen molar-refractivity contribution in [2.45, 2.75) is 24.9 Å². The Morgan fingerprint density at radius 3 is 2.44 bits per heavy atom. The monoisotopic (exact) mass is 518 g/mol. The minimum absolute atomic E-state index is 0.140. The molecule has 1 aliphatic rings. The molecule has 0 bridgehead atoms. The van der Waals surface area contributed by atoms with Crippen molar-refractivity contribution < 1.29 is 9.53 Å². The van der Waals surface area contributed by atoms with E-state index in [2.05, 4.69) is 17.1 Å². The lowest BCUT2D eigenvalue weighted by Gasteiger charge is -2.30. The number of benzene rings is 3. The van der Waals surface area contributed by atoms with E-state index in [1.54, 1.807) is 0 Å². The largest absolute Gasteiger partial charge is 0.457 e. The lowest BCUT2D eigenvalue weighted by molar-refractivity contribution is -0.130. The van der Waals surface area contributed by atoms with Crippen LogP contribution in [0, 0.1) is 5.92 Å². The van der Waals surface area contributed by atoms with Gasteiger partial charge in [-0.25, -0.2) is 0 Å². The van der Waals surface area contributed by atoms with Crippen LogP contribution in [0.15, 0.2) is 84.0 Å². The molecule has 1 aromatic heterocycles. The van der Waals surface area contributed by atoms with E-state index in [9.17, 15) is 4.79 Å². The van der Waals surface area contributed by atoms with Gasteiger partial charge >= 0.3 is 0 Å². The SMILES string of the molecule is CC1CCCN(C(=O)CSc2nnc(-c3ccc(Cl)cc3)n2-c2ccc(Oc3ccccc3)cc2)C1. The number of nitrogens with zero attached hydrogens (tertiary/aromatic N) is 4. The second-order valence-electron chi connectivity index (χ2n) is 8.93. The van der Waals surface area contributed by atoms with E-state index < -0.39 is 0 Å². The summed E-state index contributed by atoms with van der Waals surface area (Å²) in [4.78, 5) is 14.9. The summed E-state index contributed by atoms with van der Waals surface area (Å²) in [7, 11) is 0. The second kappa shape index (κ2) is 11.2. The van der Waals surface area contributed by atoms with Crippen molar-refractivity contribution in [1.29, 1.82) is 0 Å². The number of amides is 1. The molecule has 1 aliphatic heterocycles. The fraction of sp³-hybridized carbons (Fsp3) is 0.250. The molecule has 0 saturated carbocycles. The summed E-state index contributed by atoms with van der Waals surface area (Å²) in [6.07, 6.45) is 2.24. The summed E-state index contributed by atoms with van der Waals surface area (Å²) in [6.45, 7) is 3.85. The Balaban J connectivity index is 1.41. The van der Waals surface area contributed by atoms with Crippen LogP contribution >= 0.6 is 23.4 Å². The Hall–Kier alpha value is -3.29. The molecule has 1 fully saturated rings. The molecule has 0 aliphatic carbocycles. The normalized spacial score (nSPS) is 15.6. The Morgan fingerprint density at radius 2 is 1.72 bits per heavy atom. The molecule has 0 N–H and O–H groups in total. The molecule has 6 nitrogen and oxygen atoms in total. The fourth-order valence-corrected chi connectivity index (χ4v) is 5.28. The molecule has 1 amide bonds. The smallest absolute Gasteiger partial charge is 0.233 e. The van der Waals surface area contributed by atoms with Gasteiger partial charge in [0.05, 0.1) is 5.75 Å². The van der Waals surface area contributed by atoms with Gasteiger partial charge < -0.3 is 9.64 Å². The summed E-state index contributed by atoms with van der Waals surface area (Å²) in [5, 5.41) is 10.3. The zero-order valence-corrected chi connectivity index (χ0v) is 21.6. The molecule has 2 heterocycles. The van der Waals surface area contributed by atoms with Gasteiger partial charge in [-0.3, -0.25) is 9.36 Å². The average Bonchev–Trinajstić information content (AvgIpc) is 3.32. The first kappa shape index (κ1) is 24.4. The van der Waals surface area contributed by atoms with E-state index in [0.717, 1.165) is 42.3 Å². The molecule has 8 heteroatoms. The van der Waals surface area contributed by atoms with Gasteiger partial charge in [0.1, 0.15) is 11.5 Å². The van der Waals surface area contributed by atoms with E-state index in [1.807, 2.05) is 88.3 Å². The van der Waals surface area contributed by atoms with Crippen molar-refractivity contribution in [3.63, 3.8) is 0 Å². The molecule has 1 atom stereocenters. The molecular formula is C28H27ClN4O2S. The molecule has 0 spiro atoms. The molecule has 1 unspecified atom stereocenters. The third-order valence-electron chi connectivity index (χ3n) is 6.14. The van der Waals surface area contributed by atoms with Crippen molar-refractivity contribution in [2.24, 2.45) is 5.92 Å². The molecule has 1 saturated heterocycles. The highest BCUT2D eigenvalue weighted by Crippen LogP contribution is 2.31. The first-order valence-corrected chi connectivity index (χ1v) is 13.4. The number of rotatable bonds is 7. The predicted molar refractivity (Wildman–Crippen MR) is 144 cm³/mol. The number of hydrogen-bond acceptors (Lipinski definition) is 5. The van der Waals surface area contributed by atoms with Gasteiger partial charge in [-0.15, -0.1) is 10.2 Å². The van der Waals surface area contributed by atoms with E-state index in [1.165, 1.54) is 18.2 Å². The fourth-order valence-electron chi connectivity index (χ4n) is 4.30. The van der Waals surface area contributed by atoms with E-state index in [4.69, 9.17) is 16.3 Å². The van der Waals surface area contributed by atoms with Gasteiger partial charge in [0, 0.05) is 29.4 Å². The highest BCUT2D eigenvalue weighted by atomic mass is 35.5. The third kappa shape index (κ3) is 5.74. The number of aromatic nitrogens is 3. The topological polar surface area (TPSA) is 60.2 Å². The average molecular weight is 519 g/mol. The minimum Gasteiger partial charge on any atom is -0.457 e. The van der Waals surface area contributed by atoms with Crippen LogP contribution in [0.5, 0.6) is 11.5 Å². The molecule has 184 valence electrons. The Labute approximate surface area is 220 Å². The van der Waals surface area contributed by atoms with Crippen LogP contribution in [-0.4, -0.2) is 44.4 Å². The van der Waals surface area contributed by atoms with Crippen molar-refractivity contribution in [2.75, 3.05) is 18.8 Å². The summed E-state index contributed by atoms with van der Waals surface area (Å²) in [5.74, 6) is 3.20. The highest BCUT2D eigenvalue weighted by molar-refractivity contribution is 7.99. The van der Waals surface area contributed by atoms with Crippen molar-refractivity contribution in [3.05, 3.63) is 83.9 Å². The number of carbonyl (C=O) groups is 1. The van der Waals surface area contributed by atoms with Gasteiger partial charge in [-0.2, -0.15) is 0 Å². The zero-order chi connectivity index (χ0) is 24.9. The van der Waals surface area contributed by atoms with E-state index in [0.29, 0.717) is 27.7 Å². The third-order valence-corrected chi connectivity index (χ3v) is 7.31. The van der Waals surface area contributed by atoms with E-state index in [-0.39, 0.29) is 5.91 Å². The number of halogens is 1. The number of carbonyl (C=O) groups excluding carboxylic acids is 1. The Morgan fingerprint density at radius 1 is 1.00 bits per heavy atom. The molecule has 5 rings (SSSR count). The molecular weight excluding hydrogens is 492 g/mol. The predicted octanol–water partition coefficient (Wildman–Crippen LogP) is 6.73. The molecule has 4 aromatic rings. The number of para-hydroxylation sites is 1. The van der Waals surface area contributed by atoms with Crippen LogP contribution in [-0.2, 0) is 4.79 Å². The standard InChI is InChI=1S/C28H27ClN4O2S/c1-20-6-5-17-32(18-20)26(34)19-36-28-31-30-27(21-9-11-22(29)12-10-21)33(28)23-13-15-25(16-14-23)35-24-7-3-2-4-8-24/h2-4,7-16,20H,5-6,17-19H2,1H3. The lowest BCUT2D eigenvalue weighted by Crippen LogP contribution is -2.40. The summed E-state index contributed by atoms with van der Waals surface area (Å²) < 4.78 is 7.93. The van der Waals surface area contributed by atoms with Gasteiger partial charge in [-0.1, -0.05) is 48.5 Å². The minimum atomic E-state index is 0.140. The maximum Gasteiger partial charge on any atom is 0.233 e. The number of hydrogen-bond donors (Lipinski definition) is 0. The molecule has 3 aromatic carbocycles. The quantitative estimate of drug-likeness (QED) is 0.254. The first-order chi connectivity index (χ1) is 17.6. The first-order valence-electron chi connectivity index (χ1n) is 12.0. The maximum absolute atomic E-state index is 12.9. The number of thioether (sulfide) groups is 1. The lowest BCUT2D eigenvalue weighted by atomic mass is 10.0. The Bertz CT molecular complexity index is 1310. The van der Waals surface area contributed by atoms with Gasteiger partial charge in [0.2, 0.25) is 5.91 Å². The van der Waals surface area contributed by atoms with Crippen molar-refractivity contribution >= 4 is 29.3 Å². The number of ether oxygens (including phenoxy) is 1. The van der Waals surface area contributed by atoms with Crippen LogP contribution in [0.4, 0.5) is 0 Å². The highest BCUT2D eigenvalue weighted by Gasteiger charge is 2.23. The Kier molecular flexibility index (Phi) is 7.58. The molecule has 36 heavy (non-hydrogen) atoms. The van der Waals surface area contributed by atoms with Crippen LogP contribution in [0.25, 0.3) is 17.1 Å². The van der Waals surface area contributed by atoms with Gasteiger partial charge in [-0.05, 0) is 79.4 Å². The summed E-state index contributed by atoms with van der Waals surface area (Å²) in [6, 6.07) is 25.0. The number of piperidine rings is 1. The maximum atomic E-state index is 12.9. The summed E-state index contributed by atoms with van der Waals surface area (Å²) in [5.41, 5.74) is 1.77. The molecule has 0 radical (unpaired) electrons. The van der Waals surface area contributed by atoms with Crippen LogP contribution in [0.3, 0.4) is 0 Å². The van der Waals surface area contributed by atoms with Crippen LogP contribution in [0.1, 0.15) is 19.8 Å². The zero-order valence-electron chi connectivity index (χ0n) is 20.0. The van der Waals surface area contributed by atoms with Crippen molar-refractivity contribution in [1.82, 2.24) is 19.7 Å². The number of likely N-dealkylation sites (tertiary alicyclic amines) is 1. The second-order valence-corrected chi connectivity index (χ2v) is 10.3. The van der Waals surface area contributed by atoms with Crippen molar-refractivity contribution in [3.8, 4) is 28.6 Å².